The van der Waals surface area contributed by atoms with Crippen molar-refractivity contribution in [2.45, 2.75) is 31.8 Å². The van der Waals surface area contributed by atoms with Gasteiger partial charge in [-0.25, -0.2) is 0 Å². The van der Waals surface area contributed by atoms with Crippen molar-refractivity contribution in [3.05, 3.63) is 0 Å². The molecule has 1 saturated heterocycles. The standard InChI is InChI=1S/C8H15NO.ClH/c1-7-2-3-8(4-7,5-9)6-10-7;/h2-6,9H2,1H3;1H. The van der Waals surface area contributed by atoms with Crippen molar-refractivity contribution in [3.63, 3.8) is 0 Å². The third-order valence-corrected chi connectivity index (χ3v) is 3.09. The molecule has 2 fully saturated rings. The van der Waals surface area contributed by atoms with E-state index in [4.69, 9.17) is 10.5 Å². The Morgan fingerprint density at radius 3 is 2.36 bits per heavy atom. The van der Waals surface area contributed by atoms with Gasteiger partial charge in [0.05, 0.1) is 12.2 Å². The highest BCUT2D eigenvalue weighted by molar-refractivity contribution is 5.85. The summed E-state index contributed by atoms with van der Waals surface area (Å²) in [7, 11) is 0. The molecule has 0 aromatic carbocycles. The van der Waals surface area contributed by atoms with Crippen LogP contribution in [0.15, 0.2) is 0 Å². The summed E-state index contributed by atoms with van der Waals surface area (Å²) in [6, 6.07) is 0. The highest BCUT2D eigenvalue weighted by Gasteiger charge is 2.52. The van der Waals surface area contributed by atoms with Crippen molar-refractivity contribution >= 4 is 12.4 Å². The van der Waals surface area contributed by atoms with Crippen LogP contribution in [0.1, 0.15) is 26.2 Å². The molecule has 1 heterocycles. The predicted molar refractivity (Wildman–Crippen MR) is 46.9 cm³/mol. The van der Waals surface area contributed by atoms with Crippen LogP contribution in [-0.2, 0) is 4.74 Å². The van der Waals surface area contributed by atoms with E-state index in [1.807, 2.05) is 0 Å². The van der Waals surface area contributed by atoms with Crippen LogP contribution in [0.5, 0.6) is 0 Å². The number of ether oxygens (including phenoxy) is 1. The van der Waals surface area contributed by atoms with Crippen LogP contribution in [0.25, 0.3) is 0 Å². The van der Waals surface area contributed by atoms with Crippen LogP contribution in [0.2, 0.25) is 0 Å². The van der Waals surface area contributed by atoms with Gasteiger partial charge in [0.25, 0.3) is 0 Å². The summed E-state index contributed by atoms with van der Waals surface area (Å²) in [6.07, 6.45) is 3.68. The van der Waals surface area contributed by atoms with Gasteiger partial charge in [-0.05, 0) is 26.2 Å². The van der Waals surface area contributed by atoms with E-state index in [2.05, 4.69) is 6.92 Å². The Balaban J connectivity index is 0.000000605. The van der Waals surface area contributed by atoms with Gasteiger partial charge in [-0.15, -0.1) is 12.4 Å². The van der Waals surface area contributed by atoms with E-state index in [9.17, 15) is 0 Å². The molecule has 2 aliphatic rings. The Morgan fingerprint density at radius 1 is 1.45 bits per heavy atom. The van der Waals surface area contributed by atoms with Crippen LogP contribution < -0.4 is 5.73 Å². The second-order valence-electron chi connectivity index (χ2n) is 4.12. The molecule has 66 valence electrons. The fourth-order valence-electron chi connectivity index (χ4n) is 2.31. The summed E-state index contributed by atoms with van der Waals surface area (Å²) in [4.78, 5) is 0. The lowest BCUT2D eigenvalue weighted by Crippen LogP contribution is -2.29. The molecule has 0 spiro atoms. The van der Waals surface area contributed by atoms with Crippen LogP contribution in [0.3, 0.4) is 0 Å². The SMILES string of the molecule is CC12CCC(CN)(CO1)C2.Cl. The maximum Gasteiger partial charge on any atom is 0.0661 e. The van der Waals surface area contributed by atoms with Gasteiger partial charge in [-0.1, -0.05) is 0 Å². The number of nitrogens with two attached hydrogens (primary N) is 1. The molecule has 2 bridgehead atoms. The first-order chi connectivity index (χ1) is 4.68. The molecule has 0 aromatic heterocycles. The average molecular weight is 178 g/mol. The Hall–Kier alpha value is 0.210. The van der Waals surface area contributed by atoms with Gasteiger partial charge < -0.3 is 10.5 Å². The molecule has 0 amide bonds. The van der Waals surface area contributed by atoms with Crippen molar-refractivity contribution < 1.29 is 4.74 Å². The molecule has 0 radical (unpaired) electrons. The van der Waals surface area contributed by atoms with Crippen LogP contribution >= 0.6 is 12.4 Å². The summed E-state index contributed by atoms with van der Waals surface area (Å²) in [6.45, 7) is 3.92. The lowest BCUT2D eigenvalue weighted by atomic mass is 9.88. The quantitative estimate of drug-likeness (QED) is 0.656. The molecular weight excluding hydrogens is 162 g/mol. The Bertz CT molecular complexity index is 152. The molecule has 0 aromatic rings. The minimum Gasteiger partial charge on any atom is -0.375 e. The average Bonchev–Trinajstić information content (AvgIpc) is 2.42. The zero-order valence-corrected chi connectivity index (χ0v) is 7.75. The van der Waals surface area contributed by atoms with E-state index in [-0.39, 0.29) is 18.0 Å². The number of hydrogen-bond donors (Lipinski definition) is 1. The number of halogens is 1. The molecule has 2 nitrogen and oxygen atoms in total. The van der Waals surface area contributed by atoms with Crippen LogP contribution in [-0.4, -0.2) is 18.8 Å². The smallest absolute Gasteiger partial charge is 0.0661 e. The fourth-order valence-corrected chi connectivity index (χ4v) is 2.31. The third kappa shape index (κ3) is 1.28. The largest absolute Gasteiger partial charge is 0.375 e. The first kappa shape index (κ1) is 9.30. The Labute approximate surface area is 73.9 Å². The minimum absolute atomic E-state index is 0. The van der Waals surface area contributed by atoms with Crippen LogP contribution in [0, 0.1) is 5.41 Å². The Kier molecular flexibility index (Phi) is 2.21. The summed E-state index contributed by atoms with van der Waals surface area (Å²) in [5.74, 6) is 0. The highest BCUT2D eigenvalue weighted by atomic mass is 35.5. The maximum absolute atomic E-state index is 5.68. The molecule has 2 unspecified atom stereocenters. The number of rotatable bonds is 1. The van der Waals surface area contributed by atoms with Gasteiger partial charge in [-0.2, -0.15) is 0 Å². The molecule has 1 aliphatic carbocycles. The number of fused-ring (bicyclic) bond motifs is 2. The monoisotopic (exact) mass is 177 g/mol. The second kappa shape index (κ2) is 2.61. The summed E-state index contributed by atoms with van der Waals surface area (Å²) >= 11 is 0. The fraction of sp³-hybridized carbons (Fsp3) is 1.00. The van der Waals surface area contributed by atoms with Crippen molar-refractivity contribution in [2.24, 2.45) is 11.1 Å². The zero-order valence-electron chi connectivity index (χ0n) is 6.93. The summed E-state index contributed by atoms with van der Waals surface area (Å²) in [5, 5.41) is 0. The van der Waals surface area contributed by atoms with E-state index in [1.165, 1.54) is 19.3 Å². The van der Waals surface area contributed by atoms with E-state index in [0.29, 0.717) is 5.41 Å². The van der Waals surface area contributed by atoms with Gasteiger partial charge in [0.2, 0.25) is 0 Å². The van der Waals surface area contributed by atoms with Gasteiger partial charge >= 0.3 is 0 Å². The molecule has 2 atom stereocenters. The molecule has 1 aliphatic heterocycles. The van der Waals surface area contributed by atoms with Crippen molar-refractivity contribution in [1.82, 2.24) is 0 Å². The maximum atomic E-state index is 5.68. The summed E-state index contributed by atoms with van der Waals surface area (Å²) < 4.78 is 5.65. The van der Waals surface area contributed by atoms with E-state index < -0.39 is 0 Å². The molecule has 11 heavy (non-hydrogen) atoms. The van der Waals surface area contributed by atoms with Gasteiger partial charge in [0.15, 0.2) is 0 Å². The molecule has 3 heteroatoms. The van der Waals surface area contributed by atoms with Crippen molar-refractivity contribution in [1.29, 1.82) is 0 Å². The molecule has 2 rings (SSSR count). The van der Waals surface area contributed by atoms with E-state index in [0.717, 1.165) is 13.2 Å². The van der Waals surface area contributed by atoms with Gasteiger partial charge in [0.1, 0.15) is 0 Å². The van der Waals surface area contributed by atoms with Crippen molar-refractivity contribution in [3.8, 4) is 0 Å². The van der Waals surface area contributed by atoms with Crippen LogP contribution in [0.4, 0.5) is 0 Å². The Morgan fingerprint density at radius 2 is 2.18 bits per heavy atom. The normalized spacial score (nSPS) is 47.5. The topological polar surface area (TPSA) is 35.2 Å². The van der Waals surface area contributed by atoms with Gasteiger partial charge in [-0.3, -0.25) is 0 Å². The van der Waals surface area contributed by atoms with Crippen molar-refractivity contribution in [2.75, 3.05) is 13.2 Å². The number of hydrogen-bond acceptors (Lipinski definition) is 2. The third-order valence-electron chi connectivity index (χ3n) is 3.09. The van der Waals surface area contributed by atoms with E-state index >= 15 is 0 Å². The minimum atomic E-state index is 0. The lowest BCUT2D eigenvalue weighted by molar-refractivity contribution is -0.0141. The zero-order chi connectivity index (χ0) is 7.24. The first-order valence-electron chi connectivity index (χ1n) is 4.02. The predicted octanol–water partition coefficient (Wildman–Crippen LogP) is 1.33. The van der Waals surface area contributed by atoms with Gasteiger partial charge in [0, 0.05) is 12.0 Å². The molecule has 1 saturated carbocycles. The van der Waals surface area contributed by atoms with E-state index in [1.54, 1.807) is 0 Å². The second-order valence-corrected chi connectivity index (χ2v) is 4.12. The molecule has 2 N–H and O–H groups in total. The lowest BCUT2D eigenvalue weighted by Gasteiger charge is -2.24. The summed E-state index contributed by atoms with van der Waals surface area (Å²) in [5.41, 5.74) is 6.25. The molecular formula is C8H16ClNO. The highest BCUT2D eigenvalue weighted by Crippen LogP contribution is 2.51. The first-order valence-corrected chi connectivity index (χ1v) is 4.02.